The number of hydrogen-bond acceptors (Lipinski definition) is 2. The third-order valence-electron chi connectivity index (χ3n) is 3.13. The highest BCUT2D eigenvalue weighted by molar-refractivity contribution is 4.98. The Bertz CT molecular complexity index is 129. The van der Waals surface area contributed by atoms with Crippen molar-refractivity contribution >= 4 is 0 Å². The Morgan fingerprint density at radius 1 is 1.40 bits per heavy atom. The largest absolute Gasteiger partial charge is 0.393 e. The molecule has 0 bridgehead atoms. The second-order valence-electron chi connectivity index (χ2n) is 3.70. The molecule has 0 aromatic heterocycles. The summed E-state index contributed by atoms with van der Waals surface area (Å²) in [7, 11) is 0. The van der Waals surface area contributed by atoms with Crippen molar-refractivity contribution in [3.8, 4) is 0 Å². The molecule has 2 N–H and O–H groups in total. The third-order valence-corrected chi connectivity index (χ3v) is 3.13. The van der Waals surface area contributed by atoms with Gasteiger partial charge in [-0.25, -0.2) is 0 Å². The van der Waals surface area contributed by atoms with Crippen LogP contribution in [-0.2, 0) is 0 Å². The molecule has 0 aromatic rings. The number of aliphatic hydroxyl groups excluding tert-OH is 1. The number of hydrogen-bond donors (Lipinski definition) is 2. The molecule has 1 heterocycles. The van der Waals surface area contributed by atoms with Gasteiger partial charge in [0.25, 0.3) is 0 Å². The maximum atomic E-state index is 9.48. The molecule has 0 amide bonds. The standard InChI is InChI=1S/C8H15NO/c10-7-2-4-8(7)3-1-5-9-6-8/h7,9-10H,1-6H2/t7?,8-/m1/s1. The van der Waals surface area contributed by atoms with Crippen molar-refractivity contribution in [2.45, 2.75) is 31.8 Å². The average Bonchev–Trinajstić information content (AvgIpc) is 2.04. The molecule has 1 saturated heterocycles. The second-order valence-corrected chi connectivity index (χ2v) is 3.70. The first-order chi connectivity index (χ1) is 4.83. The zero-order valence-corrected chi connectivity index (χ0v) is 6.27. The van der Waals surface area contributed by atoms with Crippen molar-refractivity contribution < 1.29 is 5.11 Å². The van der Waals surface area contributed by atoms with Crippen LogP contribution in [0.5, 0.6) is 0 Å². The lowest BCUT2D eigenvalue weighted by molar-refractivity contribution is -0.0776. The average molecular weight is 141 g/mol. The fourth-order valence-corrected chi connectivity index (χ4v) is 2.17. The number of nitrogens with one attached hydrogen (secondary N) is 1. The van der Waals surface area contributed by atoms with E-state index in [1.165, 1.54) is 19.3 Å². The normalized spacial score (nSPS) is 47.1. The Morgan fingerprint density at radius 2 is 2.30 bits per heavy atom. The molecule has 0 radical (unpaired) electrons. The summed E-state index contributed by atoms with van der Waals surface area (Å²) in [4.78, 5) is 0. The maximum Gasteiger partial charge on any atom is 0.0608 e. The van der Waals surface area contributed by atoms with Gasteiger partial charge in [0.15, 0.2) is 0 Å². The molecule has 2 atom stereocenters. The van der Waals surface area contributed by atoms with E-state index in [1.54, 1.807) is 0 Å². The van der Waals surface area contributed by atoms with Crippen LogP contribution in [0, 0.1) is 5.41 Å². The van der Waals surface area contributed by atoms with Crippen LogP contribution in [0.25, 0.3) is 0 Å². The third kappa shape index (κ3) is 0.789. The fraction of sp³-hybridized carbons (Fsp3) is 1.00. The zero-order chi connectivity index (χ0) is 7.03. The van der Waals surface area contributed by atoms with Crippen LogP contribution in [0.4, 0.5) is 0 Å². The maximum absolute atomic E-state index is 9.48. The van der Waals surface area contributed by atoms with Crippen LogP contribution >= 0.6 is 0 Å². The van der Waals surface area contributed by atoms with Gasteiger partial charge in [-0.15, -0.1) is 0 Å². The molecule has 58 valence electrons. The van der Waals surface area contributed by atoms with Crippen LogP contribution < -0.4 is 5.32 Å². The van der Waals surface area contributed by atoms with Crippen LogP contribution in [0.15, 0.2) is 0 Å². The summed E-state index contributed by atoms with van der Waals surface area (Å²) in [6.45, 7) is 2.20. The predicted molar refractivity (Wildman–Crippen MR) is 39.8 cm³/mol. The first kappa shape index (κ1) is 6.62. The quantitative estimate of drug-likeness (QED) is 0.515. The second kappa shape index (κ2) is 2.21. The Balaban J connectivity index is 1.99. The summed E-state index contributed by atoms with van der Waals surface area (Å²) >= 11 is 0. The molecule has 2 rings (SSSR count). The highest BCUT2D eigenvalue weighted by Gasteiger charge is 2.45. The lowest BCUT2D eigenvalue weighted by Crippen LogP contribution is -2.54. The minimum Gasteiger partial charge on any atom is -0.393 e. The van der Waals surface area contributed by atoms with Gasteiger partial charge < -0.3 is 10.4 Å². The van der Waals surface area contributed by atoms with Crippen molar-refractivity contribution in [3.05, 3.63) is 0 Å². The molecule has 2 aliphatic rings. The molecule has 0 aromatic carbocycles. The van der Waals surface area contributed by atoms with E-state index in [0.717, 1.165) is 19.5 Å². The SMILES string of the molecule is OC1CC[C@@]12CCCNC2. The lowest BCUT2D eigenvalue weighted by atomic mass is 9.62. The van der Waals surface area contributed by atoms with E-state index in [4.69, 9.17) is 0 Å². The van der Waals surface area contributed by atoms with Crippen LogP contribution in [-0.4, -0.2) is 24.3 Å². The summed E-state index contributed by atoms with van der Waals surface area (Å²) in [5.41, 5.74) is 0.304. The van der Waals surface area contributed by atoms with E-state index < -0.39 is 0 Å². The monoisotopic (exact) mass is 141 g/mol. The minimum atomic E-state index is 0.000278. The van der Waals surface area contributed by atoms with E-state index in [9.17, 15) is 5.11 Å². The van der Waals surface area contributed by atoms with E-state index >= 15 is 0 Å². The highest BCUT2D eigenvalue weighted by atomic mass is 16.3. The Morgan fingerprint density at radius 3 is 2.60 bits per heavy atom. The number of aliphatic hydroxyl groups is 1. The van der Waals surface area contributed by atoms with Gasteiger partial charge >= 0.3 is 0 Å². The zero-order valence-electron chi connectivity index (χ0n) is 6.27. The Labute approximate surface area is 61.6 Å². The van der Waals surface area contributed by atoms with Gasteiger partial charge in [-0.3, -0.25) is 0 Å². The topological polar surface area (TPSA) is 32.3 Å². The summed E-state index contributed by atoms with van der Waals surface area (Å²) in [6.07, 6.45) is 4.75. The predicted octanol–water partition coefficient (Wildman–Crippen LogP) is 0.511. The fourth-order valence-electron chi connectivity index (χ4n) is 2.17. The van der Waals surface area contributed by atoms with Gasteiger partial charge in [-0.05, 0) is 32.2 Å². The molecule has 1 aliphatic heterocycles. The minimum absolute atomic E-state index is 0.000278. The van der Waals surface area contributed by atoms with Crippen molar-refractivity contribution in [2.75, 3.05) is 13.1 Å². The first-order valence-electron chi connectivity index (χ1n) is 4.22. The van der Waals surface area contributed by atoms with E-state index in [0.29, 0.717) is 5.41 Å². The van der Waals surface area contributed by atoms with Gasteiger partial charge in [-0.2, -0.15) is 0 Å². The smallest absolute Gasteiger partial charge is 0.0608 e. The molecule has 2 fully saturated rings. The highest BCUT2D eigenvalue weighted by Crippen LogP contribution is 2.45. The van der Waals surface area contributed by atoms with Crippen molar-refractivity contribution in [1.82, 2.24) is 5.32 Å². The van der Waals surface area contributed by atoms with E-state index in [-0.39, 0.29) is 6.10 Å². The van der Waals surface area contributed by atoms with Crippen molar-refractivity contribution in [3.63, 3.8) is 0 Å². The van der Waals surface area contributed by atoms with E-state index in [1.807, 2.05) is 0 Å². The van der Waals surface area contributed by atoms with Crippen molar-refractivity contribution in [2.24, 2.45) is 5.41 Å². The molecular weight excluding hydrogens is 126 g/mol. The summed E-state index contributed by atoms with van der Waals surface area (Å²) in [6, 6.07) is 0. The van der Waals surface area contributed by atoms with Gasteiger partial charge in [0, 0.05) is 12.0 Å². The van der Waals surface area contributed by atoms with Crippen LogP contribution in [0.1, 0.15) is 25.7 Å². The number of piperidine rings is 1. The molecule has 1 spiro atoms. The van der Waals surface area contributed by atoms with Crippen LogP contribution in [0.2, 0.25) is 0 Å². The summed E-state index contributed by atoms with van der Waals surface area (Å²) in [5, 5.41) is 12.8. The van der Waals surface area contributed by atoms with Gasteiger partial charge in [0.1, 0.15) is 0 Å². The Hall–Kier alpha value is -0.0800. The van der Waals surface area contributed by atoms with Crippen LogP contribution in [0.3, 0.4) is 0 Å². The molecule has 2 nitrogen and oxygen atoms in total. The molecule has 1 saturated carbocycles. The van der Waals surface area contributed by atoms with Gasteiger partial charge in [0.05, 0.1) is 6.10 Å². The van der Waals surface area contributed by atoms with Crippen molar-refractivity contribution in [1.29, 1.82) is 0 Å². The first-order valence-corrected chi connectivity index (χ1v) is 4.22. The van der Waals surface area contributed by atoms with Gasteiger partial charge in [0.2, 0.25) is 0 Å². The lowest BCUT2D eigenvalue weighted by Gasteiger charge is -2.49. The molecule has 2 heteroatoms. The molecular formula is C8H15NO. The molecule has 1 unspecified atom stereocenters. The molecule has 10 heavy (non-hydrogen) atoms. The number of rotatable bonds is 0. The van der Waals surface area contributed by atoms with E-state index in [2.05, 4.69) is 5.32 Å². The van der Waals surface area contributed by atoms with Gasteiger partial charge in [-0.1, -0.05) is 0 Å². The molecule has 1 aliphatic carbocycles. The summed E-state index contributed by atoms with van der Waals surface area (Å²) in [5.74, 6) is 0. The summed E-state index contributed by atoms with van der Waals surface area (Å²) < 4.78 is 0. The Kier molecular flexibility index (Phi) is 1.46.